The van der Waals surface area contributed by atoms with Crippen LogP contribution in [0.2, 0.25) is 0 Å². The smallest absolute Gasteiger partial charge is 0.271 e. The Morgan fingerprint density at radius 2 is 2.07 bits per heavy atom. The fourth-order valence-corrected chi connectivity index (χ4v) is 2.44. The van der Waals surface area contributed by atoms with E-state index in [1.165, 1.54) is 42.6 Å². The molecule has 0 spiro atoms. The van der Waals surface area contributed by atoms with Crippen LogP contribution in [0.4, 0.5) is 15.8 Å². The molecule has 0 atom stereocenters. The largest absolute Gasteiger partial charge is 0.453 e. The molecule has 29 heavy (non-hydrogen) atoms. The zero-order valence-corrected chi connectivity index (χ0v) is 15.3. The number of nitro groups is 1. The highest BCUT2D eigenvalue weighted by atomic mass is 19.1. The number of rotatable bonds is 6. The third-order valence-electron chi connectivity index (χ3n) is 3.94. The van der Waals surface area contributed by atoms with Crippen LogP contribution in [0.15, 0.2) is 67.0 Å². The lowest BCUT2D eigenvalue weighted by atomic mass is 10.1. The van der Waals surface area contributed by atoms with Crippen LogP contribution in [0.25, 0.3) is 6.08 Å². The van der Waals surface area contributed by atoms with E-state index >= 15 is 0 Å². The molecule has 2 aromatic carbocycles. The lowest BCUT2D eigenvalue weighted by Gasteiger charge is -2.07. The molecular formula is C21H16FN3O4. The van der Waals surface area contributed by atoms with Crippen molar-refractivity contribution >= 4 is 23.4 Å². The van der Waals surface area contributed by atoms with E-state index in [0.717, 1.165) is 0 Å². The number of aromatic nitrogens is 1. The summed E-state index contributed by atoms with van der Waals surface area (Å²) in [7, 11) is 0. The lowest BCUT2D eigenvalue weighted by molar-refractivity contribution is -0.384. The van der Waals surface area contributed by atoms with Gasteiger partial charge in [0.2, 0.25) is 5.91 Å². The Morgan fingerprint density at radius 1 is 1.24 bits per heavy atom. The van der Waals surface area contributed by atoms with Gasteiger partial charge in [0.15, 0.2) is 11.6 Å². The minimum Gasteiger partial charge on any atom is -0.453 e. The number of amides is 1. The van der Waals surface area contributed by atoms with Gasteiger partial charge >= 0.3 is 0 Å². The first-order valence-corrected chi connectivity index (χ1v) is 8.54. The number of hydrogen-bond acceptors (Lipinski definition) is 5. The summed E-state index contributed by atoms with van der Waals surface area (Å²) >= 11 is 0. The summed E-state index contributed by atoms with van der Waals surface area (Å²) in [5.41, 5.74) is 1.34. The van der Waals surface area contributed by atoms with Crippen LogP contribution >= 0.6 is 0 Å². The van der Waals surface area contributed by atoms with E-state index in [-0.39, 0.29) is 11.4 Å². The molecule has 1 heterocycles. The molecule has 1 N–H and O–H groups in total. The highest BCUT2D eigenvalue weighted by Crippen LogP contribution is 2.25. The molecule has 146 valence electrons. The number of nitrogens with one attached hydrogen (secondary N) is 1. The summed E-state index contributed by atoms with van der Waals surface area (Å²) in [4.78, 5) is 26.3. The Balaban J connectivity index is 1.68. The zero-order valence-electron chi connectivity index (χ0n) is 15.3. The van der Waals surface area contributed by atoms with E-state index in [1.807, 2.05) is 0 Å². The number of nitrogens with zero attached hydrogens (tertiary/aromatic N) is 2. The van der Waals surface area contributed by atoms with Crippen LogP contribution in [-0.4, -0.2) is 15.8 Å². The van der Waals surface area contributed by atoms with Gasteiger partial charge in [-0.05, 0) is 48.4 Å². The Morgan fingerprint density at radius 3 is 2.76 bits per heavy atom. The maximum absolute atomic E-state index is 14.2. The normalized spacial score (nSPS) is 10.7. The van der Waals surface area contributed by atoms with E-state index in [4.69, 9.17) is 4.74 Å². The van der Waals surface area contributed by atoms with Gasteiger partial charge in [-0.25, -0.2) is 4.39 Å². The maximum Gasteiger partial charge on any atom is 0.271 e. The highest BCUT2D eigenvalue weighted by Gasteiger charge is 2.10. The predicted octanol–water partition coefficient (Wildman–Crippen LogP) is 4.88. The number of aryl methyl sites for hydroxylation is 1. The number of nitro benzene ring substituents is 1. The fraction of sp³-hybridized carbons (Fsp3) is 0.0476. The van der Waals surface area contributed by atoms with Gasteiger partial charge in [-0.2, -0.15) is 0 Å². The van der Waals surface area contributed by atoms with Crippen molar-refractivity contribution < 1.29 is 18.8 Å². The Bertz CT molecular complexity index is 1080. The van der Waals surface area contributed by atoms with Crippen LogP contribution in [0.1, 0.15) is 11.1 Å². The molecule has 0 unspecified atom stereocenters. The van der Waals surface area contributed by atoms with Crippen molar-refractivity contribution in [1.29, 1.82) is 0 Å². The minimum absolute atomic E-state index is 0.0341. The van der Waals surface area contributed by atoms with Gasteiger partial charge in [0.1, 0.15) is 5.75 Å². The first-order valence-electron chi connectivity index (χ1n) is 8.54. The molecule has 1 aromatic heterocycles. The van der Waals surface area contributed by atoms with Crippen molar-refractivity contribution in [1.82, 2.24) is 4.98 Å². The first kappa shape index (κ1) is 19.7. The number of hydrogen-bond donors (Lipinski definition) is 1. The van der Waals surface area contributed by atoms with Crippen molar-refractivity contribution in [2.45, 2.75) is 6.92 Å². The van der Waals surface area contributed by atoms with Gasteiger partial charge in [0.05, 0.1) is 16.8 Å². The van der Waals surface area contributed by atoms with Gasteiger partial charge in [-0.1, -0.05) is 12.1 Å². The molecule has 0 radical (unpaired) electrons. The van der Waals surface area contributed by atoms with Crippen molar-refractivity contribution in [3.63, 3.8) is 0 Å². The summed E-state index contributed by atoms with van der Waals surface area (Å²) in [6.07, 6.45) is 5.69. The van der Waals surface area contributed by atoms with Crippen LogP contribution in [0.5, 0.6) is 11.5 Å². The van der Waals surface area contributed by atoms with Gasteiger partial charge in [-0.3, -0.25) is 19.9 Å². The van der Waals surface area contributed by atoms with Crippen LogP contribution in [0.3, 0.4) is 0 Å². The predicted molar refractivity (Wildman–Crippen MR) is 106 cm³/mol. The second-order valence-corrected chi connectivity index (χ2v) is 6.06. The van der Waals surface area contributed by atoms with Crippen molar-refractivity contribution in [2.75, 3.05) is 5.32 Å². The lowest BCUT2D eigenvalue weighted by Crippen LogP contribution is -2.09. The third kappa shape index (κ3) is 5.23. The average Bonchev–Trinajstić information content (AvgIpc) is 2.70. The molecule has 0 aliphatic rings. The van der Waals surface area contributed by atoms with Crippen LogP contribution < -0.4 is 10.1 Å². The maximum atomic E-state index is 14.2. The average molecular weight is 393 g/mol. The van der Waals surface area contributed by atoms with Crippen LogP contribution in [0, 0.1) is 22.9 Å². The monoisotopic (exact) mass is 393 g/mol. The van der Waals surface area contributed by atoms with Gasteiger partial charge in [-0.15, -0.1) is 0 Å². The van der Waals surface area contributed by atoms with Crippen molar-refractivity contribution in [2.24, 2.45) is 0 Å². The summed E-state index contributed by atoms with van der Waals surface area (Å²) < 4.78 is 19.7. The standard InChI is InChI=1S/C21H16FN3O4/c1-14-4-7-16(25(27)28)12-19(14)24-21(26)9-6-15-5-8-20(18(22)11-15)29-17-3-2-10-23-13-17/h2-13H,1H3,(H,24,26)/b9-6+. The Kier molecular flexibility index (Phi) is 5.94. The van der Waals surface area contributed by atoms with E-state index in [1.54, 1.807) is 37.4 Å². The fourth-order valence-electron chi connectivity index (χ4n) is 2.44. The summed E-state index contributed by atoms with van der Waals surface area (Å²) in [5.74, 6) is -0.649. The SMILES string of the molecule is Cc1ccc([N+](=O)[O-])cc1NC(=O)/C=C/c1ccc(Oc2cccnc2)c(F)c1. The minimum atomic E-state index is -0.592. The van der Waals surface area contributed by atoms with E-state index in [2.05, 4.69) is 10.3 Å². The summed E-state index contributed by atoms with van der Waals surface area (Å²) in [6, 6.07) is 11.8. The van der Waals surface area contributed by atoms with Crippen LogP contribution in [-0.2, 0) is 4.79 Å². The molecule has 7 nitrogen and oxygen atoms in total. The number of carbonyl (C=O) groups is 1. The number of pyridine rings is 1. The molecule has 0 fully saturated rings. The van der Waals surface area contributed by atoms with Crippen molar-refractivity contribution in [3.05, 3.63) is 94.1 Å². The molecule has 3 aromatic rings. The molecule has 0 saturated heterocycles. The first-order chi connectivity index (χ1) is 13.9. The molecule has 0 aliphatic heterocycles. The molecular weight excluding hydrogens is 377 g/mol. The highest BCUT2D eigenvalue weighted by molar-refractivity contribution is 6.02. The quantitative estimate of drug-likeness (QED) is 0.366. The summed E-state index contributed by atoms with van der Waals surface area (Å²) in [6.45, 7) is 1.72. The summed E-state index contributed by atoms with van der Waals surface area (Å²) in [5, 5.41) is 13.4. The molecule has 0 aliphatic carbocycles. The molecule has 3 rings (SSSR count). The number of halogens is 1. The van der Waals surface area contributed by atoms with Gasteiger partial charge < -0.3 is 10.1 Å². The molecule has 8 heteroatoms. The topological polar surface area (TPSA) is 94.4 Å². The number of anilines is 1. The number of ether oxygens (including phenoxy) is 1. The van der Waals surface area contributed by atoms with E-state index in [9.17, 15) is 19.3 Å². The number of carbonyl (C=O) groups excluding carboxylic acids is 1. The molecule has 0 saturated carbocycles. The van der Waals surface area contributed by atoms with Crippen molar-refractivity contribution in [3.8, 4) is 11.5 Å². The molecule has 0 bridgehead atoms. The Hall–Kier alpha value is -4.07. The van der Waals surface area contributed by atoms with Gasteiger partial charge in [0, 0.05) is 24.4 Å². The number of benzene rings is 2. The van der Waals surface area contributed by atoms with Gasteiger partial charge in [0.25, 0.3) is 5.69 Å². The third-order valence-corrected chi connectivity index (χ3v) is 3.94. The van der Waals surface area contributed by atoms with E-state index < -0.39 is 16.6 Å². The number of non-ortho nitro benzene ring substituents is 1. The van der Waals surface area contributed by atoms with E-state index in [0.29, 0.717) is 22.6 Å². The Labute approximate surface area is 165 Å². The second kappa shape index (κ2) is 8.75. The second-order valence-electron chi connectivity index (χ2n) is 6.06. The zero-order chi connectivity index (χ0) is 20.8. The molecule has 1 amide bonds.